The van der Waals surface area contributed by atoms with Gasteiger partial charge in [0, 0.05) is 6.92 Å². The Morgan fingerprint density at radius 2 is 2.00 bits per heavy atom. The molecule has 13 heavy (non-hydrogen) atoms. The number of hydrogen-bond donors (Lipinski definition) is 0. The topological polar surface area (TPSA) is 69.7 Å². The summed E-state index contributed by atoms with van der Waals surface area (Å²) in [5.74, 6) is -2.03. The van der Waals surface area contributed by atoms with E-state index in [2.05, 4.69) is 9.47 Å². The van der Waals surface area contributed by atoms with Crippen LogP contribution in [0.5, 0.6) is 0 Å². The van der Waals surface area contributed by atoms with Gasteiger partial charge in [-0.05, 0) is 0 Å². The summed E-state index contributed by atoms with van der Waals surface area (Å²) in [6.45, 7) is 5.16. The van der Waals surface area contributed by atoms with Gasteiger partial charge >= 0.3 is 17.9 Å². The molecule has 1 atom stereocenters. The minimum atomic E-state index is -1.03. The predicted octanol–water partition coefficient (Wildman–Crippen LogP) is 0.418. The molecule has 1 saturated heterocycles. The summed E-state index contributed by atoms with van der Waals surface area (Å²) in [6.07, 6.45) is -1.20. The van der Waals surface area contributed by atoms with Crippen molar-refractivity contribution in [2.24, 2.45) is 0 Å². The van der Waals surface area contributed by atoms with Crippen molar-refractivity contribution in [2.45, 2.75) is 33.3 Å². The van der Waals surface area contributed by atoms with E-state index < -0.39 is 24.0 Å². The van der Waals surface area contributed by atoms with Crippen LogP contribution in [-0.2, 0) is 23.9 Å². The van der Waals surface area contributed by atoms with Gasteiger partial charge in [-0.1, -0.05) is 13.8 Å². The van der Waals surface area contributed by atoms with E-state index >= 15 is 0 Å². The van der Waals surface area contributed by atoms with Crippen LogP contribution >= 0.6 is 0 Å². The van der Waals surface area contributed by atoms with Gasteiger partial charge in [0.25, 0.3) is 0 Å². The Morgan fingerprint density at radius 3 is 2.31 bits per heavy atom. The molecular weight excluding hydrogens is 176 g/mol. The summed E-state index contributed by atoms with van der Waals surface area (Å²) in [5.41, 5.74) is 0. The Morgan fingerprint density at radius 1 is 1.46 bits per heavy atom. The molecule has 1 unspecified atom stereocenters. The van der Waals surface area contributed by atoms with Crippen molar-refractivity contribution in [3.05, 3.63) is 0 Å². The number of ether oxygens (including phenoxy) is 2. The van der Waals surface area contributed by atoms with Gasteiger partial charge in [0.1, 0.15) is 0 Å². The molecule has 1 aliphatic heterocycles. The van der Waals surface area contributed by atoms with Crippen molar-refractivity contribution in [1.82, 2.24) is 0 Å². The van der Waals surface area contributed by atoms with Crippen molar-refractivity contribution in [2.75, 3.05) is 0 Å². The highest BCUT2D eigenvalue weighted by molar-refractivity contribution is 5.97. The third kappa shape index (κ3) is 3.68. The minimum absolute atomic E-state index is 0.168. The Balaban J connectivity index is 0.000000671. The monoisotopic (exact) mass is 188 g/mol. The van der Waals surface area contributed by atoms with Gasteiger partial charge in [0.05, 0.1) is 6.42 Å². The highest BCUT2D eigenvalue weighted by Crippen LogP contribution is 2.11. The first kappa shape index (κ1) is 11.6. The molecule has 1 rings (SSSR count). The first-order chi connectivity index (χ1) is 6.09. The van der Waals surface area contributed by atoms with E-state index in [9.17, 15) is 14.4 Å². The second kappa shape index (κ2) is 5.29. The van der Waals surface area contributed by atoms with E-state index in [1.54, 1.807) is 0 Å². The fourth-order valence-electron chi connectivity index (χ4n) is 0.744. The molecule has 0 aliphatic carbocycles. The maximum absolute atomic E-state index is 10.6. The van der Waals surface area contributed by atoms with Crippen LogP contribution in [0.2, 0.25) is 0 Å². The SMILES string of the molecule is CC.CC(=O)OC1CC(=O)OC1=O. The zero-order valence-corrected chi connectivity index (χ0v) is 7.83. The fraction of sp³-hybridized carbons (Fsp3) is 0.625. The third-order valence-electron chi connectivity index (χ3n) is 1.14. The second-order valence-electron chi connectivity index (χ2n) is 2.10. The number of cyclic esters (lactones) is 2. The molecule has 0 bridgehead atoms. The van der Waals surface area contributed by atoms with Crippen LogP contribution in [0.25, 0.3) is 0 Å². The quantitative estimate of drug-likeness (QED) is 0.440. The Bertz CT molecular complexity index is 221. The molecule has 0 radical (unpaired) electrons. The first-order valence-electron chi connectivity index (χ1n) is 4.01. The van der Waals surface area contributed by atoms with Crippen LogP contribution in [-0.4, -0.2) is 24.0 Å². The van der Waals surface area contributed by atoms with Crippen molar-refractivity contribution in [1.29, 1.82) is 0 Å². The normalized spacial score (nSPS) is 20.1. The van der Waals surface area contributed by atoms with Crippen molar-refractivity contribution >= 4 is 17.9 Å². The van der Waals surface area contributed by atoms with Crippen LogP contribution in [0.1, 0.15) is 27.2 Å². The van der Waals surface area contributed by atoms with Gasteiger partial charge in [0.15, 0.2) is 0 Å². The van der Waals surface area contributed by atoms with E-state index in [0.29, 0.717) is 0 Å². The molecule has 0 amide bonds. The van der Waals surface area contributed by atoms with E-state index in [0.717, 1.165) is 6.92 Å². The molecule has 1 heterocycles. The summed E-state index contributed by atoms with van der Waals surface area (Å²) in [5, 5.41) is 0. The number of carbonyl (C=O) groups is 3. The highest BCUT2D eigenvalue weighted by Gasteiger charge is 2.35. The summed E-state index contributed by atoms with van der Waals surface area (Å²) in [6, 6.07) is 0. The molecule has 1 aliphatic rings. The van der Waals surface area contributed by atoms with E-state index in [-0.39, 0.29) is 6.42 Å². The summed E-state index contributed by atoms with van der Waals surface area (Å²) in [7, 11) is 0. The van der Waals surface area contributed by atoms with Gasteiger partial charge in [0.2, 0.25) is 6.10 Å². The highest BCUT2D eigenvalue weighted by atomic mass is 16.6. The summed E-state index contributed by atoms with van der Waals surface area (Å²) < 4.78 is 8.58. The zero-order chi connectivity index (χ0) is 10.4. The van der Waals surface area contributed by atoms with E-state index in [1.165, 1.54) is 0 Å². The van der Waals surface area contributed by atoms with Gasteiger partial charge in [-0.25, -0.2) is 4.79 Å². The average Bonchev–Trinajstić information content (AvgIpc) is 2.33. The zero-order valence-electron chi connectivity index (χ0n) is 7.83. The standard InChI is InChI=1S/C6H6O5.C2H6/c1-3(7)10-4-2-5(8)11-6(4)9;1-2/h4H,2H2,1H3;1-2H3. The van der Waals surface area contributed by atoms with Crippen molar-refractivity contribution < 1.29 is 23.9 Å². The largest absolute Gasteiger partial charge is 0.450 e. The van der Waals surface area contributed by atoms with Gasteiger partial charge in [-0.2, -0.15) is 0 Å². The molecule has 0 aromatic rings. The molecule has 5 heteroatoms. The van der Waals surface area contributed by atoms with E-state index in [4.69, 9.17) is 0 Å². The number of carbonyl (C=O) groups excluding carboxylic acids is 3. The van der Waals surface area contributed by atoms with Crippen LogP contribution in [0, 0.1) is 0 Å². The van der Waals surface area contributed by atoms with Crippen molar-refractivity contribution in [3.8, 4) is 0 Å². The lowest BCUT2D eigenvalue weighted by molar-refractivity contribution is -0.161. The smallest absolute Gasteiger partial charge is 0.355 e. The fourth-order valence-corrected chi connectivity index (χ4v) is 0.744. The maximum Gasteiger partial charge on any atom is 0.355 e. The minimum Gasteiger partial charge on any atom is -0.450 e. The first-order valence-corrected chi connectivity index (χ1v) is 4.01. The average molecular weight is 188 g/mol. The van der Waals surface area contributed by atoms with Crippen LogP contribution in [0.4, 0.5) is 0 Å². The van der Waals surface area contributed by atoms with Gasteiger partial charge in [-0.15, -0.1) is 0 Å². The third-order valence-corrected chi connectivity index (χ3v) is 1.14. The molecule has 0 N–H and O–H groups in total. The molecular formula is C8H12O5. The maximum atomic E-state index is 10.6. The van der Waals surface area contributed by atoms with Crippen LogP contribution < -0.4 is 0 Å². The lowest BCUT2D eigenvalue weighted by Crippen LogP contribution is -2.20. The summed E-state index contributed by atoms with van der Waals surface area (Å²) >= 11 is 0. The number of hydrogen-bond acceptors (Lipinski definition) is 5. The van der Waals surface area contributed by atoms with Crippen LogP contribution in [0.3, 0.4) is 0 Å². The Kier molecular flexibility index (Phi) is 4.72. The number of rotatable bonds is 1. The van der Waals surface area contributed by atoms with Crippen LogP contribution in [0.15, 0.2) is 0 Å². The van der Waals surface area contributed by atoms with E-state index in [1.807, 2.05) is 13.8 Å². The van der Waals surface area contributed by atoms with Gasteiger partial charge < -0.3 is 9.47 Å². The molecule has 74 valence electrons. The molecule has 0 aromatic heterocycles. The molecule has 0 aromatic carbocycles. The Labute approximate surface area is 76.0 Å². The lowest BCUT2D eigenvalue weighted by atomic mass is 10.3. The molecule has 0 spiro atoms. The van der Waals surface area contributed by atoms with Gasteiger partial charge in [-0.3, -0.25) is 9.59 Å². The lowest BCUT2D eigenvalue weighted by Gasteiger charge is -2.02. The molecule has 1 fully saturated rings. The molecule has 0 saturated carbocycles. The second-order valence-corrected chi connectivity index (χ2v) is 2.10. The number of esters is 3. The summed E-state index contributed by atoms with van der Waals surface area (Å²) in [4.78, 5) is 31.3. The molecule has 5 nitrogen and oxygen atoms in total. The predicted molar refractivity (Wildman–Crippen MR) is 42.6 cm³/mol. The Hall–Kier alpha value is -1.39. The van der Waals surface area contributed by atoms with Crippen molar-refractivity contribution in [3.63, 3.8) is 0 Å².